The summed E-state index contributed by atoms with van der Waals surface area (Å²) in [6, 6.07) is 15.6. The molecule has 2 aliphatic heterocycles. The molecule has 6 heterocycles. The summed E-state index contributed by atoms with van der Waals surface area (Å²) in [6.07, 6.45) is 2.93. The number of benzene rings is 2. The summed E-state index contributed by atoms with van der Waals surface area (Å²) < 4.78 is 22.5. The van der Waals surface area contributed by atoms with Gasteiger partial charge >= 0.3 is 0 Å². The lowest BCUT2D eigenvalue weighted by molar-refractivity contribution is 0.0532. The van der Waals surface area contributed by atoms with Crippen LogP contribution < -0.4 is 19.3 Å². The minimum atomic E-state index is -0.910. The molecular weight excluding hydrogens is 793 g/mol. The van der Waals surface area contributed by atoms with Crippen molar-refractivity contribution in [1.82, 2.24) is 30.2 Å². The number of anilines is 2. The van der Waals surface area contributed by atoms with Crippen LogP contribution in [0.15, 0.2) is 57.6 Å². The second-order valence-electron chi connectivity index (χ2n) is 16.1. The van der Waals surface area contributed by atoms with Crippen molar-refractivity contribution in [3.05, 3.63) is 82.2 Å². The molecule has 16 heteroatoms. The van der Waals surface area contributed by atoms with E-state index in [9.17, 15) is 10.2 Å². The lowest BCUT2D eigenvalue weighted by atomic mass is 10.1. The zero-order chi connectivity index (χ0) is 43.9. The highest BCUT2D eigenvalue weighted by Gasteiger charge is 2.21. The van der Waals surface area contributed by atoms with Crippen LogP contribution in [0.1, 0.15) is 59.3 Å². The summed E-state index contributed by atoms with van der Waals surface area (Å²) in [5.41, 5.74) is 8.76. The van der Waals surface area contributed by atoms with Crippen LogP contribution in [0, 0.1) is 41.5 Å². The Morgan fingerprint density at radius 2 is 0.871 bits per heavy atom. The molecule has 0 amide bonds. The molecule has 2 unspecified atom stereocenters. The Hall–Kier alpha value is -5.94. The maximum absolute atomic E-state index is 9.54. The summed E-state index contributed by atoms with van der Waals surface area (Å²) in [7, 11) is 0. The van der Waals surface area contributed by atoms with E-state index in [4.69, 9.17) is 28.7 Å². The van der Waals surface area contributed by atoms with Crippen molar-refractivity contribution in [3.8, 4) is 57.2 Å². The van der Waals surface area contributed by atoms with Gasteiger partial charge in [0.2, 0.25) is 11.6 Å². The van der Waals surface area contributed by atoms with Crippen LogP contribution >= 0.6 is 0 Å². The van der Waals surface area contributed by atoms with Crippen molar-refractivity contribution in [1.29, 1.82) is 0 Å². The number of nitrogens with zero attached hydrogens (tertiary/aromatic N) is 8. The molecule has 2 aromatic carbocycles. The second-order valence-corrected chi connectivity index (χ2v) is 16.1. The van der Waals surface area contributed by atoms with E-state index >= 15 is 0 Å². The Balaban J connectivity index is 0.000000186. The average molecular weight is 849 g/mol. The van der Waals surface area contributed by atoms with Gasteiger partial charge in [0.15, 0.2) is 0 Å². The molecular formula is C46H56N8O8. The number of pyridine rings is 2. The maximum atomic E-state index is 9.54. The standard InChI is InChI=1S/2C23H28N4O4/c2*1-14-8-17(9-15(2)21(14)30-13-19(29)12-28)22-25-23(31-26-22)18-10-16(3)24-20(11-18)27-6-4-5-7-27/h2*8-11,19,28-29H,4-7,12-13H2,1-3H3. The molecule has 2 atom stereocenters. The van der Waals surface area contributed by atoms with Gasteiger partial charge in [-0.05, 0) is 138 Å². The van der Waals surface area contributed by atoms with Crippen LogP contribution in [0.5, 0.6) is 11.5 Å². The van der Waals surface area contributed by atoms with Crippen molar-refractivity contribution in [2.45, 2.75) is 79.4 Å². The number of aliphatic hydroxyl groups is 4. The summed E-state index contributed by atoms with van der Waals surface area (Å²) in [4.78, 5) is 23.1. The third-order valence-electron chi connectivity index (χ3n) is 10.8. The smallest absolute Gasteiger partial charge is 0.258 e. The molecule has 0 bridgehead atoms. The monoisotopic (exact) mass is 848 g/mol. The van der Waals surface area contributed by atoms with E-state index in [-0.39, 0.29) is 26.4 Å². The van der Waals surface area contributed by atoms with Gasteiger partial charge in [-0.15, -0.1) is 0 Å². The van der Waals surface area contributed by atoms with Gasteiger partial charge in [-0.3, -0.25) is 0 Å². The molecule has 0 aliphatic carbocycles. The molecule has 62 heavy (non-hydrogen) atoms. The summed E-state index contributed by atoms with van der Waals surface area (Å²) in [6.45, 7) is 15.1. The number of hydrogen-bond acceptors (Lipinski definition) is 16. The predicted molar refractivity (Wildman–Crippen MR) is 234 cm³/mol. The Bertz CT molecular complexity index is 2240. The van der Waals surface area contributed by atoms with Gasteiger partial charge in [0.05, 0.1) is 13.2 Å². The molecule has 0 saturated carbocycles. The first-order valence-corrected chi connectivity index (χ1v) is 21.1. The van der Waals surface area contributed by atoms with E-state index in [0.717, 1.165) is 93.7 Å². The third kappa shape index (κ3) is 10.6. The zero-order valence-electron chi connectivity index (χ0n) is 36.3. The van der Waals surface area contributed by atoms with Crippen LogP contribution in [0.25, 0.3) is 45.7 Å². The highest BCUT2D eigenvalue weighted by atomic mass is 16.5. The first-order chi connectivity index (χ1) is 29.9. The third-order valence-corrected chi connectivity index (χ3v) is 10.8. The molecule has 16 nitrogen and oxygen atoms in total. The number of rotatable bonds is 14. The van der Waals surface area contributed by atoms with Crippen molar-refractivity contribution in [3.63, 3.8) is 0 Å². The van der Waals surface area contributed by atoms with E-state index < -0.39 is 12.2 Å². The Morgan fingerprint density at radius 1 is 0.516 bits per heavy atom. The van der Waals surface area contributed by atoms with Crippen molar-refractivity contribution in [2.24, 2.45) is 0 Å². The van der Waals surface area contributed by atoms with E-state index in [1.165, 1.54) is 25.7 Å². The fourth-order valence-electron chi connectivity index (χ4n) is 7.76. The minimum Gasteiger partial charge on any atom is -0.490 e. The van der Waals surface area contributed by atoms with Gasteiger partial charge in [0.25, 0.3) is 11.8 Å². The van der Waals surface area contributed by atoms with Crippen LogP contribution in [0.4, 0.5) is 11.6 Å². The average Bonchev–Trinajstić information content (AvgIpc) is 4.11. The number of aryl methyl sites for hydroxylation is 6. The lowest BCUT2D eigenvalue weighted by Gasteiger charge is -2.17. The van der Waals surface area contributed by atoms with Gasteiger partial charge in [-0.1, -0.05) is 10.3 Å². The highest BCUT2D eigenvalue weighted by Crippen LogP contribution is 2.33. The molecule has 2 aliphatic rings. The predicted octanol–water partition coefficient (Wildman–Crippen LogP) is 6.11. The Kier molecular flexibility index (Phi) is 14.1. The largest absolute Gasteiger partial charge is 0.490 e. The van der Waals surface area contributed by atoms with Crippen LogP contribution in [-0.2, 0) is 0 Å². The van der Waals surface area contributed by atoms with E-state index in [0.29, 0.717) is 34.9 Å². The van der Waals surface area contributed by atoms with Gasteiger partial charge in [-0.2, -0.15) is 9.97 Å². The van der Waals surface area contributed by atoms with E-state index in [1.54, 1.807) is 0 Å². The van der Waals surface area contributed by atoms with Crippen molar-refractivity contribution in [2.75, 3.05) is 62.4 Å². The van der Waals surface area contributed by atoms with Crippen LogP contribution in [0.3, 0.4) is 0 Å². The fourth-order valence-corrected chi connectivity index (χ4v) is 7.76. The molecule has 6 aromatic rings. The Labute approximate surface area is 361 Å². The molecule has 328 valence electrons. The fraction of sp³-hybridized carbons (Fsp3) is 0.435. The maximum Gasteiger partial charge on any atom is 0.258 e. The highest BCUT2D eigenvalue weighted by molar-refractivity contribution is 5.67. The normalized spacial score (nSPS) is 14.8. The quantitative estimate of drug-likeness (QED) is 0.0974. The minimum absolute atomic E-state index is 0.0324. The van der Waals surface area contributed by atoms with Crippen LogP contribution in [-0.4, -0.2) is 115 Å². The molecule has 4 aromatic heterocycles. The zero-order valence-corrected chi connectivity index (χ0v) is 36.3. The van der Waals surface area contributed by atoms with Crippen molar-refractivity contribution < 1.29 is 38.9 Å². The molecule has 0 spiro atoms. The number of aromatic nitrogens is 6. The Morgan fingerprint density at radius 3 is 1.21 bits per heavy atom. The molecule has 4 N–H and O–H groups in total. The molecule has 8 rings (SSSR count). The van der Waals surface area contributed by atoms with E-state index in [2.05, 4.69) is 40.0 Å². The summed E-state index contributed by atoms with van der Waals surface area (Å²) in [5.74, 6) is 5.18. The van der Waals surface area contributed by atoms with Gasteiger partial charge in [-0.25, -0.2) is 9.97 Å². The summed E-state index contributed by atoms with van der Waals surface area (Å²) in [5, 5.41) is 45.4. The number of hydrogen-bond donors (Lipinski definition) is 4. The first-order valence-electron chi connectivity index (χ1n) is 21.1. The van der Waals surface area contributed by atoms with Gasteiger partial charge in [0, 0.05) is 59.8 Å². The number of ether oxygens (including phenoxy) is 2. The van der Waals surface area contributed by atoms with Gasteiger partial charge in [0.1, 0.15) is 48.6 Å². The molecule has 2 saturated heterocycles. The van der Waals surface area contributed by atoms with Crippen LogP contribution in [0.2, 0.25) is 0 Å². The lowest BCUT2D eigenvalue weighted by Crippen LogP contribution is -2.21. The van der Waals surface area contributed by atoms with Crippen molar-refractivity contribution >= 4 is 11.6 Å². The van der Waals surface area contributed by atoms with E-state index in [1.807, 2.05) is 90.1 Å². The van der Waals surface area contributed by atoms with Gasteiger partial charge < -0.3 is 48.7 Å². The number of aliphatic hydroxyl groups excluding tert-OH is 4. The molecule has 2 fully saturated rings. The first kappa shape index (κ1) is 44.1. The second kappa shape index (κ2) is 19.8. The molecule has 0 radical (unpaired) electrons. The SMILES string of the molecule is Cc1cc(-c2nc(-c3cc(C)c(OCC(O)CO)c(C)c3)no2)cc(N2CCCC2)n1.Cc1cc(-c2nc(-c3cc(C)c(OCC(O)CO)c(C)c3)no2)cc(N2CCCC2)n1. The topological polar surface area (TPSA) is 209 Å². The summed E-state index contributed by atoms with van der Waals surface area (Å²) >= 11 is 0.